The highest BCUT2D eigenvalue weighted by Crippen LogP contribution is 2.21. The lowest BCUT2D eigenvalue weighted by Crippen LogP contribution is -2.41. The third-order valence-corrected chi connectivity index (χ3v) is 3.78. The first-order valence-electron chi connectivity index (χ1n) is 7.48. The van der Waals surface area contributed by atoms with Gasteiger partial charge in [-0.2, -0.15) is 5.10 Å². The number of carbonyl (C=O) groups is 1. The van der Waals surface area contributed by atoms with Gasteiger partial charge in [0, 0.05) is 51.4 Å². The third-order valence-electron chi connectivity index (χ3n) is 3.78. The smallest absolute Gasteiger partial charge is 0.260 e. The second-order valence-electron chi connectivity index (χ2n) is 5.40. The molecule has 2 aromatic heterocycles. The van der Waals surface area contributed by atoms with Crippen LogP contribution in [0.2, 0.25) is 0 Å². The summed E-state index contributed by atoms with van der Waals surface area (Å²) in [5, 5.41) is 11.8. The Kier molecular flexibility index (Phi) is 4.40. The van der Waals surface area contributed by atoms with Gasteiger partial charge in [0.1, 0.15) is 11.7 Å². The molecule has 3 heterocycles. The molecule has 0 saturated carbocycles. The minimum Gasteiger partial charge on any atom is -0.479 e. The Morgan fingerprint density at radius 2 is 2.13 bits per heavy atom. The summed E-state index contributed by atoms with van der Waals surface area (Å²) in [6.45, 7) is 1.25. The van der Waals surface area contributed by atoms with E-state index in [1.54, 1.807) is 41.2 Å². The van der Waals surface area contributed by atoms with Crippen molar-refractivity contribution in [2.45, 2.75) is 18.9 Å². The number of amides is 1. The maximum atomic E-state index is 12.6. The largest absolute Gasteiger partial charge is 0.479 e. The summed E-state index contributed by atoms with van der Waals surface area (Å²) < 4.78 is 12.5. The zero-order chi connectivity index (χ0) is 16.2. The Labute approximate surface area is 134 Å². The molecular formula is C15H19N5O3. The number of hydrogen-bond acceptors (Lipinski definition) is 6. The SMILES string of the molecule is COc1nn(C)cc1C(=O)N1CCC(Oc2cccnn2)CC1. The van der Waals surface area contributed by atoms with Crippen molar-refractivity contribution in [2.24, 2.45) is 7.05 Å². The molecule has 1 aliphatic rings. The molecular weight excluding hydrogens is 298 g/mol. The van der Waals surface area contributed by atoms with Crippen molar-refractivity contribution >= 4 is 5.91 Å². The molecule has 122 valence electrons. The van der Waals surface area contributed by atoms with Crippen LogP contribution in [-0.4, -0.2) is 57.1 Å². The van der Waals surface area contributed by atoms with E-state index in [0.29, 0.717) is 30.4 Å². The molecule has 2 aromatic rings. The van der Waals surface area contributed by atoms with Crippen LogP contribution in [0.5, 0.6) is 11.8 Å². The molecule has 8 nitrogen and oxygen atoms in total. The van der Waals surface area contributed by atoms with Gasteiger partial charge >= 0.3 is 0 Å². The summed E-state index contributed by atoms with van der Waals surface area (Å²) in [5.74, 6) is 0.814. The molecule has 0 atom stereocenters. The molecule has 3 rings (SSSR count). The highest BCUT2D eigenvalue weighted by atomic mass is 16.5. The zero-order valence-corrected chi connectivity index (χ0v) is 13.2. The van der Waals surface area contributed by atoms with Crippen LogP contribution in [0.25, 0.3) is 0 Å². The lowest BCUT2D eigenvalue weighted by Gasteiger charge is -2.31. The van der Waals surface area contributed by atoms with E-state index in [1.165, 1.54) is 7.11 Å². The minimum absolute atomic E-state index is 0.0477. The maximum Gasteiger partial charge on any atom is 0.260 e. The van der Waals surface area contributed by atoms with Crippen molar-refractivity contribution < 1.29 is 14.3 Å². The summed E-state index contributed by atoms with van der Waals surface area (Å²) in [7, 11) is 3.28. The molecule has 0 bridgehead atoms. The summed E-state index contributed by atoms with van der Waals surface area (Å²) in [6.07, 6.45) is 4.85. The molecule has 0 spiro atoms. The van der Waals surface area contributed by atoms with E-state index >= 15 is 0 Å². The number of methoxy groups -OCH3 is 1. The molecule has 8 heteroatoms. The molecule has 1 fully saturated rings. The lowest BCUT2D eigenvalue weighted by molar-refractivity contribution is 0.0583. The Bertz CT molecular complexity index is 665. The quantitative estimate of drug-likeness (QED) is 0.833. The molecule has 1 aliphatic heterocycles. The number of likely N-dealkylation sites (tertiary alicyclic amines) is 1. The van der Waals surface area contributed by atoms with E-state index in [0.717, 1.165) is 12.8 Å². The highest BCUT2D eigenvalue weighted by Gasteiger charge is 2.27. The van der Waals surface area contributed by atoms with Gasteiger partial charge in [-0.05, 0) is 6.07 Å². The summed E-state index contributed by atoms with van der Waals surface area (Å²) in [4.78, 5) is 14.4. The fraction of sp³-hybridized carbons (Fsp3) is 0.467. The average molecular weight is 317 g/mol. The monoisotopic (exact) mass is 317 g/mol. The number of carbonyl (C=O) groups excluding carboxylic acids is 1. The van der Waals surface area contributed by atoms with Gasteiger partial charge in [0.15, 0.2) is 0 Å². The van der Waals surface area contributed by atoms with Gasteiger partial charge < -0.3 is 14.4 Å². The van der Waals surface area contributed by atoms with E-state index in [4.69, 9.17) is 9.47 Å². The first kappa shape index (κ1) is 15.3. The number of nitrogens with zero attached hydrogens (tertiary/aromatic N) is 5. The number of aryl methyl sites for hydroxylation is 1. The van der Waals surface area contributed by atoms with E-state index in [9.17, 15) is 4.79 Å². The molecule has 1 amide bonds. The van der Waals surface area contributed by atoms with Crippen LogP contribution < -0.4 is 9.47 Å². The fourth-order valence-electron chi connectivity index (χ4n) is 2.63. The van der Waals surface area contributed by atoms with Gasteiger partial charge in [0.05, 0.1) is 7.11 Å². The van der Waals surface area contributed by atoms with Crippen molar-refractivity contribution in [3.8, 4) is 11.8 Å². The van der Waals surface area contributed by atoms with Crippen molar-refractivity contribution in [1.82, 2.24) is 24.9 Å². The van der Waals surface area contributed by atoms with Crippen LogP contribution in [0.1, 0.15) is 23.2 Å². The second kappa shape index (κ2) is 6.64. The predicted molar refractivity (Wildman–Crippen MR) is 81.3 cm³/mol. The van der Waals surface area contributed by atoms with E-state index < -0.39 is 0 Å². The normalized spacial score (nSPS) is 15.5. The lowest BCUT2D eigenvalue weighted by atomic mass is 10.1. The molecule has 0 unspecified atom stereocenters. The number of hydrogen-bond donors (Lipinski definition) is 0. The standard InChI is InChI=1S/C15H19N5O3/c1-19-10-12(14(18-19)22-2)15(21)20-8-5-11(6-9-20)23-13-4-3-7-16-17-13/h3-4,7,10-11H,5-6,8-9H2,1-2H3. The summed E-state index contributed by atoms with van der Waals surface area (Å²) in [6, 6.07) is 3.57. The van der Waals surface area contributed by atoms with Crippen molar-refractivity contribution in [3.63, 3.8) is 0 Å². The summed E-state index contributed by atoms with van der Waals surface area (Å²) in [5.41, 5.74) is 0.489. The van der Waals surface area contributed by atoms with Crippen LogP contribution in [0.3, 0.4) is 0 Å². The highest BCUT2D eigenvalue weighted by molar-refractivity contribution is 5.96. The van der Waals surface area contributed by atoms with Crippen LogP contribution >= 0.6 is 0 Å². The number of ether oxygens (including phenoxy) is 2. The Morgan fingerprint density at radius 1 is 1.35 bits per heavy atom. The van der Waals surface area contributed by atoms with E-state index in [-0.39, 0.29) is 12.0 Å². The van der Waals surface area contributed by atoms with Gasteiger partial charge in [0.25, 0.3) is 5.91 Å². The molecule has 0 radical (unpaired) electrons. The predicted octanol–water partition coefficient (Wildman–Crippen LogP) is 0.902. The molecule has 23 heavy (non-hydrogen) atoms. The van der Waals surface area contributed by atoms with Gasteiger partial charge in [-0.15, -0.1) is 10.2 Å². The minimum atomic E-state index is -0.0621. The summed E-state index contributed by atoms with van der Waals surface area (Å²) >= 11 is 0. The maximum absolute atomic E-state index is 12.6. The van der Waals surface area contributed by atoms with Crippen molar-refractivity contribution in [1.29, 1.82) is 0 Å². The first-order chi connectivity index (χ1) is 11.2. The Morgan fingerprint density at radius 3 is 2.78 bits per heavy atom. The first-order valence-corrected chi connectivity index (χ1v) is 7.48. The van der Waals surface area contributed by atoms with Gasteiger partial charge in [-0.25, -0.2) is 0 Å². The van der Waals surface area contributed by atoms with Crippen LogP contribution in [0.4, 0.5) is 0 Å². The van der Waals surface area contributed by atoms with Crippen molar-refractivity contribution in [2.75, 3.05) is 20.2 Å². The number of rotatable bonds is 4. The Balaban J connectivity index is 1.59. The van der Waals surface area contributed by atoms with Crippen LogP contribution in [-0.2, 0) is 7.05 Å². The molecule has 0 aliphatic carbocycles. The molecule has 0 aromatic carbocycles. The van der Waals surface area contributed by atoms with Crippen LogP contribution in [0, 0.1) is 0 Å². The number of aromatic nitrogens is 4. The van der Waals surface area contributed by atoms with Gasteiger partial charge in [0.2, 0.25) is 11.8 Å². The van der Waals surface area contributed by atoms with Gasteiger partial charge in [-0.3, -0.25) is 9.48 Å². The van der Waals surface area contributed by atoms with Gasteiger partial charge in [-0.1, -0.05) is 0 Å². The zero-order valence-electron chi connectivity index (χ0n) is 13.2. The number of piperidine rings is 1. The molecule has 0 N–H and O–H groups in total. The van der Waals surface area contributed by atoms with E-state index in [1.807, 2.05) is 0 Å². The third kappa shape index (κ3) is 3.41. The van der Waals surface area contributed by atoms with Crippen LogP contribution in [0.15, 0.2) is 24.5 Å². The Hall–Kier alpha value is -2.64. The van der Waals surface area contributed by atoms with E-state index in [2.05, 4.69) is 15.3 Å². The second-order valence-corrected chi connectivity index (χ2v) is 5.40. The topological polar surface area (TPSA) is 82.4 Å². The molecule has 1 saturated heterocycles. The fourth-order valence-corrected chi connectivity index (χ4v) is 2.63. The van der Waals surface area contributed by atoms with Crippen molar-refractivity contribution in [3.05, 3.63) is 30.1 Å². The average Bonchev–Trinajstić information content (AvgIpc) is 2.97.